The van der Waals surface area contributed by atoms with Crippen LogP contribution in [-0.2, 0) is 19.3 Å². The fraction of sp³-hybridized carbons (Fsp3) is 0.517. The molecule has 3 N–H and O–H groups in total. The van der Waals surface area contributed by atoms with Gasteiger partial charge in [0.15, 0.2) is 0 Å². The Hall–Kier alpha value is -7.35. The number of halogens is 15. The van der Waals surface area contributed by atoms with Crippen molar-refractivity contribution in [2.45, 2.75) is 173 Å². The molecule has 111 heavy (non-hydrogen) atoms. The highest BCUT2D eigenvalue weighted by atomic mass is 19.2. The summed E-state index contributed by atoms with van der Waals surface area (Å²) in [5, 5.41) is 2.97. The second kappa shape index (κ2) is 35.6. The van der Waals surface area contributed by atoms with Crippen molar-refractivity contribution < 1.29 is 65.9 Å². The van der Waals surface area contributed by atoms with Crippen molar-refractivity contribution in [1.29, 1.82) is 0 Å². The van der Waals surface area contributed by atoms with Gasteiger partial charge in [0.2, 0.25) is 0 Å². The van der Waals surface area contributed by atoms with Gasteiger partial charge in [-0.3, -0.25) is 27.9 Å². The van der Waals surface area contributed by atoms with Crippen molar-refractivity contribution in [1.82, 2.24) is 44.4 Å². The molecule has 24 heteroatoms. The van der Waals surface area contributed by atoms with E-state index in [1.54, 1.807) is 20.8 Å². The molecule has 9 nitrogen and oxygen atoms in total. The minimum Gasteiger partial charge on any atom is -0.357 e. The smallest absolute Gasteiger partial charge is 0.131 e. The average molecular weight is 1560 g/mol. The van der Waals surface area contributed by atoms with Gasteiger partial charge in [0.25, 0.3) is 0 Å². The van der Waals surface area contributed by atoms with Crippen molar-refractivity contribution in [2.24, 2.45) is 17.8 Å². The third-order valence-corrected chi connectivity index (χ3v) is 24.2. The van der Waals surface area contributed by atoms with E-state index in [0.29, 0.717) is 134 Å². The van der Waals surface area contributed by atoms with Crippen molar-refractivity contribution in [3.63, 3.8) is 0 Å². The van der Waals surface area contributed by atoms with Crippen molar-refractivity contribution >= 4 is 32.7 Å². The third kappa shape index (κ3) is 17.0. The van der Waals surface area contributed by atoms with Gasteiger partial charge in [0.1, 0.15) is 71.9 Å². The Kier molecular flexibility index (Phi) is 26.2. The van der Waals surface area contributed by atoms with Gasteiger partial charge in [0.05, 0.1) is 38.1 Å². The van der Waals surface area contributed by atoms with Crippen LogP contribution in [0.2, 0.25) is 0 Å². The highest BCUT2D eigenvalue weighted by molar-refractivity contribution is 5.87. The van der Waals surface area contributed by atoms with E-state index < -0.39 is 110 Å². The molecular weight excluding hydrogens is 1460 g/mol. The van der Waals surface area contributed by atoms with Gasteiger partial charge in [0, 0.05) is 181 Å². The quantitative estimate of drug-likeness (QED) is 0.0446. The first-order chi connectivity index (χ1) is 53.4. The van der Waals surface area contributed by atoms with Crippen molar-refractivity contribution in [2.75, 3.05) is 98.6 Å². The SMILES string of the molecule is CC[C@@H](F)CN1[C@H](c2c(F)cc([C@H](F)C3CN(CCCF)C3)cc2F)c2[nH]c3ccccc3c2C[C@H]1C.CC[C@H](F)CN1[C@H](c2c(F)cc([C@@H](F)C3CN(CCCF)C3)cc2F)c2[nH]c3ccccc3c2C[C@H]1C.CC[C@H](F)CN1[C@H](c2c(F)cc([C@H](F)C3CN(CCCF)C3)cc2F)c2[nH]c3ccccc3c2C[C@H]1C. The lowest BCUT2D eigenvalue weighted by Crippen LogP contribution is -2.48. The van der Waals surface area contributed by atoms with Crippen molar-refractivity contribution in [3.05, 3.63) is 211 Å². The predicted octanol–water partition coefficient (Wildman–Crippen LogP) is 20.5. The summed E-state index contributed by atoms with van der Waals surface area (Å²) in [5.74, 6) is -6.11. The number of alkyl halides is 9. The first-order valence-electron chi connectivity index (χ1n) is 39.7. The molecule has 6 aliphatic rings. The number of nitrogens with one attached hydrogen (secondary N) is 3. The lowest BCUT2D eigenvalue weighted by Gasteiger charge is -2.42. The molecule has 0 amide bonds. The monoisotopic (exact) mass is 1560 g/mol. The summed E-state index contributed by atoms with van der Waals surface area (Å²) in [4.78, 5) is 21.4. The predicted molar refractivity (Wildman–Crippen MR) is 408 cm³/mol. The summed E-state index contributed by atoms with van der Waals surface area (Å²) in [7, 11) is 0. The molecule has 0 aliphatic carbocycles. The maximum Gasteiger partial charge on any atom is 0.131 e. The number of aromatic nitrogens is 3. The second-order valence-electron chi connectivity index (χ2n) is 31.7. The molecule has 3 fully saturated rings. The Morgan fingerprint density at radius 3 is 0.820 bits per heavy atom. The fourth-order valence-electron chi connectivity index (χ4n) is 18.1. The van der Waals surface area contributed by atoms with Gasteiger partial charge < -0.3 is 29.7 Å². The summed E-state index contributed by atoms with van der Waals surface area (Å²) in [6, 6.07) is 26.7. The highest BCUT2D eigenvalue weighted by Gasteiger charge is 2.46. The summed E-state index contributed by atoms with van der Waals surface area (Å²) in [6.45, 7) is 14.2. The van der Waals surface area contributed by atoms with Gasteiger partial charge >= 0.3 is 0 Å². The lowest BCUT2D eigenvalue weighted by molar-refractivity contribution is 0.0360. The summed E-state index contributed by atoms with van der Waals surface area (Å²) in [5.41, 5.74) is 6.86. The van der Waals surface area contributed by atoms with Crippen LogP contribution in [0.4, 0.5) is 65.9 Å². The zero-order valence-electron chi connectivity index (χ0n) is 63.9. The zero-order chi connectivity index (χ0) is 78.8. The normalized spacial score (nSPS) is 22.7. The number of hydrogen-bond donors (Lipinski definition) is 3. The van der Waals surface area contributed by atoms with Gasteiger partial charge in [-0.05, 0) is 167 Å². The van der Waals surface area contributed by atoms with Crippen molar-refractivity contribution in [3.8, 4) is 0 Å². The molecule has 15 rings (SSSR count). The number of H-pyrrole nitrogens is 3. The third-order valence-electron chi connectivity index (χ3n) is 24.2. The van der Waals surface area contributed by atoms with E-state index in [4.69, 9.17) is 0 Å². The number of hydrogen-bond acceptors (Lipinski definition) is 6. The molecular formula is C87H102F15N9. The number of fused-ring (bicyclic) bond motifs is 9. The molecule has 6 aromatic carbocycles. The number of rotatable bonds is 27. The first kappa shape index (κ1) is 81.7. The Morgan fingerprint density at radius 1 is 0.360 bits per heavy atom. The maximum absolute atomic E-state index is 15.8. The Balaban J connectivity index is 0.000000146. The van der Waals surface area contributed by atoms with E-state index in [1.165, 1.54) is 0 Å². The van der Waals surface area contributed by atoms with E-state index >= 15 is 39.5 Å². The molecule has 3 aromatic heterocycles. The Bertz CT molecular complexity index is 4100. The molecule has 6 aliphatic heterocycles. The van der Waals surface area contributed by atoms with Crippen LogP contribution in [0.15, 0.2) is 109 Å². The molecule has 3 saturated heterocycles. The van der Waals surface area contributed by atoms with Crippen LogP contribution >= 0.6 is 0 Å². The minimum absolute atomic E-state index is 0.0295. The molecule has 0 spiro atoms. The molecule has 0 bridgehead atoms. The van der Waals surface area contributed by atoms with Gasteiger partial charge in [-0.25, -0.2) is 52.7 Å². The zero-order valence-corrected chi connectivity index (χ0v) is 63.9. The van der Waals surface area contributed by atoms with Crippen LogP contribution in [0.3, 0.4) is 0 Å². The van der Waals surface area contributed by atoms with E-state index in [2.05, 4.69) is 15.0 Å². The standard InChI is InChI=1S/3C29H34F5N3/c3*1-3-20(31)16-37-17(2)11-22-21-7-4-5-8-25(21)35-28(22)29(37)26-23(32)12-18(13-24(26)33)27(34)19-14-36(15-19)10-6-9-30/h3*4-5,7-8,12-13,17,19-20,27,29,35H,3,6,9-11,14-16H2,1-2H3/t17-,20+,27+,29-;17-,20+,27-,29-;17-,20-,27+,29-/m111/s1. The molecule has 12 atom stereocenters. The van der Waals surface area contributed by atoms with E-state index in [9.17, 15) is 26.3 Å². The Labute approximate surface area is 640 Å². The number of aromatic amines is 3. The van der Waals surface area contributed by atoms with Gasteiger partial charge in [-0.2, -0.15) is 0 Å². The highest BCUT2D eigenvalue weighted by Crippen LogP contribution is 2.49. The van der Waals surface area contributed by atoms with E-state index in [-0.39, 0.29) is 88.9 Å². The van der Waals surface area contributed by atoms with Crippen LogP contribution in [0.5, 0.6) is 0 Å². The summed E-state index contributed by atoms with van der Waals surface area (Å²) < 4.78 is 221. The molecule has 0 saturated carbocycles. The minimum atomic E-state index is -1.51. The summed E-state index contributed by atoms with van der Waals surface area (Å²) in [6.07, 6.45) is -4.02. The second-order valence-corrected chi connectivity index (χ2v) is 31.7. The Morgan fingerprint density at radius 2 is 0.595 bits per heavy atom. The largest absolute Gasteiger partial charge is 0.357 e. The molecule has 0 radical (unpaired) electrons. The van der Waals surface area contributed by atoms with Gasteiger partial charge in [-0.1, -0.05) is 75.4 Å². The number of nitrogens with zero attached hydrogens (tertiary/aromatic N) is 6. The number of para-hydroxylation sites is 3. The van der Waals surface area contributed by atoms with E-state index in [1.807, 2.05) is 123 Å². The average Bonchev–Trinajstić information content (AvgIpc) is 1.49. The van der Waals surface area contributed by atoms with Gasteiger partial charge in [-0.15, -0.1) is 0 Å². The molecule has 0 unspecified atom stereocenters. The van der Waals surface area contributed by atoms with Crippen LogP contribution in [0, 0.1) is 52.7 Å². The van der Waals surface area contributed by atoms with Crippen LogP contribution in [0.25, 0.3) is 32.7 Å². The van der Waals surface area contributed by atoms with Crippen LogP contribution in [0.1, 0.15) is 184 Å². The fourth-order valence-corrected chi connectivity index (χ4v) is 18.1. The molecule has 600 valence electrons. The lowest BCUT2D eigenvalue weighted by atomic mass is 9.85. The van der Waals surface area contributed by atoms with Crippen LogP contribution < -0.4 is 0 Å². The number of benzene rings is 6. The maximum atomic E-state index is 15.8. The van der Waals surface area contributed by atoms with E-state index in [0.717, 1.165) is 85.8 Å². The molecule has 9 aromatic rings. The number of likely N-dealkylation sites (tertiary alicyclic amines) is 3. The summed E-state index contributed by atoms with van der Waals surface area (Å²) >= 11 is 0. The topological polar surface area (TPSA) is 66.8 Å². The molecule has 9 heterocycles. The van der Waals surface area contributed by atoms with Crippen LogP contribution in [-0.4, -0.2) is 180 Å². The first-order valence-corrected chi connectivity index (χ1v) is 39.7.